The standard InChI is InChI=1S/C13H13FN2O/c1-8-5-11(17)6-9(2)16(8)13-4-3-10(15)7-12(13)14/h3-7H,15H2,1-2H3. The van der Waals surface area contributed by atoms with E-state index in [9.17, 15) is 9.18 Å². The van der Waals surface area contributed by atoms with Crippen molar-refractivity contribution < 1.29 is 4.39 Å². The first-order valence-electron chi connectivity index (χ1n) is 5.25. The van der Waals surface area contributed by atoms with E-state index in [0.717, 1.165) is 0 Å². The molecule has 0 spiro atoms. The number of nitrogens with two attached hydrogens (primary N) is 1. The molecule has 0 unspecified atom stereocenters. The Morgan fingerprint density at radius 3 is 2.24 bits per heavy atom. The molecule has 88 valence electrons. The molecule has 4 heteroatoms. The Balaban J connectivity index is 2.73. The van der Waals surface area contributed by atoms with Crippen LogP contribution in [0.15, 0.2) is 35.1 Å². The van der Waals surface area contributed by atoms with Crippen LogP contribution in [0.2, 0.25) is 0 Å². The lowest BCUT2D eigenvalue weighted by Crippen LogP contribution is -2.12. The van der Waals surface area contributed by atoms with Gasteiger partial charge < -0.3 is 10.3 Å². The van der Waals surface area contributed by atoms with Crippen LogP contribution >= 0.6 is 0 Å². The summed E-state index contributed by atoms with van der Waals surface area (Å²) in [6.07, 6.45) is 0. The Bertz CT molecular complexity index is 606. The molecule has 2 aromatic rings. The van der Waals surface area contributed by atoms with E-state index in [-0.39, 0.29) is 5.43 Å². The van der Waals surface area contributed by atoms with Crippen LogP contribution in [0.3, 0.4) is 0 Å². The Morgan fingerprint density at radius 2 is 1.71 bits per heavy atom. The van der Waals surface area contributed by atoms with E-state index in [1.54, 1.807) is 30.5 Å². The molecule has 1 aromatic heterocycles. The van der Waals surface area contributed by atoms with Crippen molar-refractivity contribution in [3.63, 3.8) is 0 Å². The number of nitrogen functional groups attached to an aromatic ring is 1. The quantitative estimate of drug-likeness (QED) is 0.766. The molecular formula is C13H13FN2O. The minimum Gasteiger partial charge on any atom is -0.399 e. The van der Waals surface area contributed by atoms with Crippen LogP contribution in [-0.4, -0.2) is 4.57 Å². The number of aryl methyl sites for hydroxylation is 2. The van der Waals surface area contributed by atoms with Gasteiger partial charge in [-0.25, -0.2) is 4.39 Å². The fourth-order valence-electron chi connectivity index (χ4n) is 1.95. The van der Waals surface area contributed by atoms with Gasteiger partial charge in [0.05, 0.1) is 5.69 Å². The predicted octanol–water partition coefficient (Wildman–Crippen LogP) is 2.18. The number of benzene rings is 1. The highest BCUT2D eigenvalue weighted by Crippen LogP contribution is 2.19. The van der Waals surface area contributed by atoms with E-state index >= 15 is 0 Å². The molecule has 1 aromatic carbocycles. The van der Waals surface area contributed by atoms with Gasteiger partial charge in [0.25, 0.3) is 0 Å². The molecule has 0 aliphatic carbocycles. The SMILES string of the molecule is Cc1cc(=O)cc(C)n1-c1ccc(N)cc1F. The molecule has 17 heavy (non-hydrogen) atoms. The van der Waals surface area contributed by atoms with Crippen LogP contribution in [-0.2, 0) is 0 Å². The number of hydrogen-bond acceptors (Lipinski definition) is 2. The molecule has 0 aliphatic rings. The van der Waals surface area contributed by atoms with Crippen LogP contribution in [0.25, 0.3) is 5.69 Å². The summed E-state index contributed by atoms with van der Waals surface area (Å²) in [6, 6.07) is 7.46. The maximum Gasteiger partial charge on any atom is 0.182 e. The van der Waals surface area contributed by atoms with Gasteiger partial charge in [0.2, 0.25) is 0 Å². The lowest BCUT2D eigenvalue weighted by Gasteiger charge is -2.15. The maximum absolute atomic E-state index is 13.8. The van der Waals surface area contributed by atoms with Gasteiger partial charge >= 0.3 is 0 Å². The fraction of sp³-hybridized carbons (Fsp3) is 0.154. The normalized spacial score (nSPS) is 10.5. The summed E-state index contributed by atoms with van der Waals surface area (Å²) in [4.78, 5) is 11.3. The molecule has 0 aliphatic heterocycles. The lowest BCUT2D eigenvalue weighted by molar-refractivity contribution is 0.615. The first-order chi connectivity index (χ1) is 7.99. The Labute approximate surface area is 98.3 Å². The van der Waals surface area contributed by atoms with Crippen molar-refractivity contribution in [2.24, 2.45) is 0 Å². The predicted molar refractivity (Wildman–Crippen MR) is 65.9 cm³/mol. The molecule has 1 heterocycles. The molecule has 0 bridgehead atoms. The van der Waals surface area contributed by atoms with Crippen molar-refractivity contribution in [3.8, 4) is 5.69 Å². The van der Waals surface area contributed by atoms with Crippen LogP contribution < -0.4 is 11.2 Å². The van der Waals surface area contributed by atoms with Gasteiger partial charge in [-0.3, -0.25) is 4.79 Å². The summed E-state index contributed by atoms with van der Waals surface area (Å²) in [5.41, 5.74) is 7.59. The van der Waals surface area contributed by atoms with Crippen LogP contribution in [0.5, 0.6) is 0 Å². The lowest BCUT2D eigenvalue weighted by atomic mass is 10.2. The largest absolute Gasteiger partial charge is 0.399 e. The van der Waals surface area contributed by atoms with E-state index in [4.69, 9.17) is 5.73 Å². The van der Waals surface area contributed by atoms with Crippen molar-refractivity contribution in [2.75, 3.05) is 5.73 Å². The number of aromatic nitrogens is 1. The first kappa shape index (κ1) is 11.4. The summed E-state index contributed by atoms with van der Waals surface area (Å²) >= 11 is 0. The van der Waals surface area contributed by atoms with E-state index in [2.05, 4.69) is 0 Å². The van der Waals surface area contributed by atoms with Crippen molar-refractivity contribution in [3.05, 3.63) is 57.8 Å². The van der Waals surface area contributed by atoms with E-state index in [0.29, 0.717) is 22.8 Å². The molecule has 2 N–H and O–H groups in total. The summed E-state index contributed by atoms with van der Waals surface area (Å²) < 4.78 is 15.5. The topological polar surface area (TPSA) is 48.0 Å². The summed E-state index contributed by atoms with van der Waals surface area (Å²) in [6.45, 7) is 3.54. The van der Waals surface area contributed by atoms with Crippen molar-refractivity contribution >= 4 is 5.69 Å². The third-order valence-corrected chi connectivity index (χ3v) is 2.62. The molecular weight excluding hydrogens is 219 g/mol. The first-order valence-corrected chi connectivity index (χ1v) is 5.25. The zero-order valence-corrected chi connectivity index (χ0v) is 9.70. The summed E-state index contributed by atoms with van der Waals surface area (Å²) in [5.74, 6) is -0.403. The second kappa shape index (κ2) is 4.05. The third-order valence-electron chi connectivity index (χ3n) is 2.62. The molecule has 0 saturated carbocycles. The van der Waals surface area contributed by atoms with Crippen molar-refractivity contribution in [2.45, 2.75) is 13.8 Å². The van der Waals surface area contributed by atoms with Gasteiger partial charge in [-0.15, -0.1) is 0 Å². The third kappa shape index (κ3) is 2.06. The minimum absolute atomic E-state index is 0.0768. The van der Waals surface area contributed by atoms with Gasteiger partial charge in [0, 0.05) is 29.2 Å². The van der Waals surface area contributed by atoms with E-state index in [1.807, 2.05) is 0 Å². The van der Waals surface area contributed by atoms with Gasteiger partial charge in [0.15, 0.2) is 5.43 Å². The molecule has 0 atom stereocenters. The average Bonchev–Trinajstić information content (AvgIpc) is 2.19. The zero-order valence-electron chi connectivity index (χ0n) is 9.70. The Kier molecular flexibility index (Phi) is 2.71. The molecule has 3 nitrogen and oxygen atoms in total. The number of anilines is 1. The summed E-state index contributed by atoms with van der Waals surface area (Å²) in [5, 5.41) is 0. The average molecular weight is 232 g/mol. The smallest absolute Gasteiger partial charge is 0.182 e. The van der Waals surface area contributed by atoms with Gasteiger partial charge in [0.1, 0.15) is 5.82 Å². The van der Waals surface area contributed by atoms with Gasteiger partial charge in [-0.1, -0.05) is 0 Å². The highest BCUT2D eigenvalue weighted by molar-refractivity contribution is 5.47. The van der Waals surface area contributed by atoms with Crippen LogP contribution in [0.4, 0.5) is 10.1 Å². The van der Waals surface area contributed by atoms with Crippen molar-refractivity contribution in [1.82, 2.24) is 4.57 Å². The van der Waals surface area contributed by atoms with Crippen LogP contribution in [0.1, 0.15) is 11.4 Å². The molecule has 0 amide bonds. The van der Waals surface area contributed by atoms with Gasteiger partial charge in [-0.05, 0) is 32.0 Å². The molecule has 0 saturated heterocycles. The highest BCUT2D eigenvalue weighted by Gasteiger charge is 2.09. The number of rotatable bonds is 1. The Hall–Kier alpha value is -2.10. The highest BCUT2D eigenvalue weighted by atomic mass is 19.1. The second-order valence-electron chi connectivity index (χ2n) is 4.02. The summed E-state index contributed by atoms with van der Waals surface area (Å²) in [7, 11) is 0. The fourth-order valence-corrected chi connectivity index (χ4v) is 1.95. The molecule has 2 rings (SSSR count). The van der Waals surface area contributed by atoms with Crippen LogP contribution in [0, 0.1) is 19.7 Å². The number of nitrogens with zero attached hydrogens (tertiary/aromatic N) is 1. The zero-order chi connectivity index (χ0) is 12.6. The maximum atomic E-state index is 13.8. The Morgan fingerprint density at radius 1 is 1.12 bits per heavy atom. The monoisotopic (exact) mass is 232 g/mol. The van der Waals surface area contributed by atoms with E-state index in [1.165, 1.54) is 18.2 Å². The molecule has 0 radical (unpaired) electrons. The van der Waals surface area contributed by atoms with Crippen molar-refractivity contribution in [1.29, 1.82) is 0 Å². The number of halogens is 1. The number of hydrogen-bond donors (Lipinski definition) is 1. The minimum atomic E-state index is -0.403. The second-order valence-corrected chi connectivity index (χ2v) is 4.02. The molecule has 0 fully saturated rings. The van der Waals surface area contributed by atoms with E-state index < -0.39 is 5.82 Å². The number of pyridine rings is 1. The van der Waals surface area contributed by atoms with Gasteiger partial charge in [-0.2, -0.15) is 0 Å².